The molecule has 1 aromatic rings. The van der Waals surface area contributed by atoms with Crippen molar-refractivity contribution in [2.45, 2.75) is 52.4 Å². The van der Waals surface area contributed by atoms with Crippen LogP contribution in [0, 0.1) is 0 Å². The number of amides is 1. The maximum Gasteiger partial charge on any atom is 0.408 e. The molecule has 0 aliphatic rings. The fourth-order valence-electron chi connectivity index (χ4n) is 1.63. The van der Waals surface area contributed by atoms with Crippen LogP contribution >= 0.6 is 0 Å². The average Bonchev–Trinajstić information content (AvgIpc) is 2.43. The van der Waals surface area contributed by atoms with Crippen molar-refractivity contribution in [3.63, 3.8) is 0 Å². The largest absolute Gasteiger partial charge is 0.487 e. The van der Waals surface area contributed by atoms with E-state index in [1.807, 2.05) is 30.3 Å². The molecular formula is C17H25NO5. The third-order valence-corrected chi connectivity index (χ3v) is 2.63. The summed E-state index contributed by atoms with van der Waals surface area (Å²) in [6, 6.07) is 8.47. The van der Waals surface area contributed by atoms with Crippen LogP contribution in [0.1, 0.15) is 34.6 Å². The van der Waals surface area contributed by atoms with Crippen LogP contribution in [0.3, 0.4) is 0 Å². The molecule has 6 heteroatoms. The van der Waals surface area contributed by atoms with E-state index in [2.05, 4.69) is 5.32 Å². The van der Waals surface area contributed by atoms with Gasteiger partial charge in [-0.3, -0.25) is 0 Å². The summed E-state index contributed by atoms with van der Waals surface area (Å²) in [7, 11) is 0. The van der Waals surface area contributed by atoms with Gasteiger partial charge in [-0.05, 0) is 46.8 Å². The summed E-state index contributed by atoms with van der Waals surface area (Å²) < 4.78 is 15.8. The molecule has 0 heterocycles. The monoisotopic (exact) mass is 323 g/mol. The van der Waals surface area contributed by atoms with E-state index in [0.717, 1.165) is 0 Å². The second kappa shape index (κ2) is 8.41. The number of hydrogen-bond donors (Lipinski definition) is 1. The number of rotatable bonds is 6. The predicted octanol–water partition coefficient (Wildman–Crippen LogP) is 2.91. The van der Waals surface area contributed by atoms with Crippen molar-refractivity contribution >= 4 is 12.1 Å². The third-order valence-electron chi connectivity index (χ3n) is 2.63. The van der Waals surface area contributed by atoms with E-state index in [9.17, 15) is 9.59 Å². The zero-order chi connectivity index (χ0) is 17.5. The van der Waals surface area contributed by atoms with Gasteiger partial charge in [0.05, 0.1) is 0 Å². The van der Waals surface area contributed by atoms with Crippen LogP contribution in [0.5, 0.6) is 5.75 Å². The van der Waals surface area contributed by atoms with Gasteiger partial charge >= 0.3 is 12.1 Å². The molecule has 0 bridgehead atoms. The molecule has 23 heavy (non-hydrogen) atoms. The van der Waals surface area contributed by atoms with Crippen molar-refractivity contribution in [3.05, 3.63) is 30.3 Å². The van der Waals surface area contributed by atoms with Crippen LogP contribution in [-0.2, 0) is 14.3 Å². The Morgan fingerprint density at radius 3 is 2.30 bits per heavy atom. The Kier molecular flexibility index (Phi) is 6.88. The number of alkyl carbamates (subject to hydrolysis) is 1. The number of benzene rings is 1. The van der Waals surface area contributed by atoms with Crippen LogP contribution in [0.2, 0.25) is 0 Å². The number of carbonyl (C=O) groups excluding carboxylic acids is 2. The number of nitrogens with one attached hydrogen (secondary N) is 1. The first-order chi connectivity index (χ1) is 10.7. The minimum absolute atomic E-state index is 0.0913. The minimum Gasteiger partial charge on any atom is -0.487 e. The molecule has 0 aromatic heterocycles. The van der Waals surface area contributed by atoms with E-state index in [4.69, 9.17) is 14.2 Å². The van der Waals surface area contributed by atoms with Crippen LogP contribution in [0.15, 0.2) is 30.3 Å². The maximum absolute atomic E-state index is 11.9. The van der Waals surface area contributed by atoms with Gasteiger partial charge in [-0.25, -0.2) is 9.59 Å². The van der Waals surface area contributed by atoms with E-state index in [1.54, 1.807) is 27.7 Å². The van der Waals surface area contributed by atoms with Crippen LogP contribution < -0.4 is 10.1 Å². The molecule has 0 radical (unpaired) electrons. The van der Waals surface area contributed by atoms with Gasteiger partial charge in [0.25, 0.3) is 0 Å². The molecule has 1 aromatic carbocycles. The normalized spacial score (nSPS) is 13.6. The van der Waals surface area contributed by atoms with Gasteiger partial charge in [-0.2, -0.15) is 0 Å². The Hall–Kier alpha value is -2.24. The Morgan fingerprint density at radius 2 is 1.74 bits per heavy atom. The first kappa shape index (κ1) is 18.8. The standard InChI is InChI=1S/C17H25NO5/c1-12(22-14-9-7-6-8-10-14)11-21-15(19)13(2)18-16(20)23-17(3,4)5/h6-10,12-13H,11H2,1-5H3,(H,18,20)/t12-,13+/m1/s1. The molecule has 0 saturated carbocycles. The highest BCUT2D eigenvalue weighted by molar-refractivity contribution is 5.81. The number of ether oxygens (including phenoxy) is 3. The molecule has 0 saturated heterocycles. The highest BCUT2D eigenvalue weighted by Crippen LogP contribution is 2.11. The van der Waals surface area contributed by atoms with Crippen molar-refractivity contribution in [1.82, 2.24) is 5.32 Å². The topological polar surface area (TPSA) is 73.9 Å². The summed E-state index contributed by atoms with van der Waals surface area (Å²) in [6.07, 6.45) is -0.953. The SMILES string of the molecule is C[C@H](COC(=O)[C@H](C)NC(=O)OC(C)(C)C)Oc1ccccc1. The molecule has 1 amide bonds. The van der Waals surface area contributed by atoms with Crippen LogP contribution in [0.25, 0.3) is 0 Å². The average molecular weight is 323 g/mol. The zero-order valence-corrected chi connectivity index (χ0v) is 14.3. The van der Waals surface area contributed by atoms with Gasteiger partial charge in [-0.1, -0.05) is 18.2 Å². The third kappa shape index (κ3) is 8.09. The Labute approximate surface area is 137 Å². The van der Waals surface area contributed by atoms with Gasteiger partial charge in [0.15, 0.2) is 0 Å². The fraction of sp³-hybridized carbons (Fsp3) is 0.529. The number of carbonyl (C=O) groups is 2. The lowest BCUT2D eigenvalue weighted by atomic mass is 10.2. The Bertz CT molecular complexity index is 509. The summed E-state index contributed by atoms with van der Waals surface area (Å²) in [6.45, 7) is 8.67. The smallest absolute Gasteiger partial charge is 0.408 e. The first-order valence-corrected chi connectivity index (χ1v) is 7.55. The molecule has 1 rings (SSSR count). The van der Waals surface area contributed by atoms with Crippen molar-refractivity contribution in [2.75, 3.05) is 6.61 Å². The lowest BCUT2D eigenvalue weighted by molar-refractivity contribution is -0.147. The molecule has 0 aliphatic heterocycles. The summed E-state index contributed by atoms with van der Waals surface area (Å²) in [5, 5.41) is 2.43. The quantitative estimate of drug-likeness (QED) is 0.815. The predicted molar refractivity (Wildman–Crippen MR) is 86.3 cm³/mol. The van der Waals surface area contributed by atoms with Gasteiger partial charge in [0, 0.05) is 0 Å². The van der Waals surface area contributed by atoms with Gasteiger partial charge in [0.2, 0.25) is 0 Å². The molecule has 0 aliphatic carbocycles. The summed E-state index contributed by atoms with van der Waals surface area (Å²) in [4.78, 5) is 23.4. The highest BCUT2D eigenvalue weighted by Gasteiger charge is 2.22. The Morgan fingerprint density at radius 1 is 1.13 bits per heavy atom. The summed E-state index contributed by atoms with van der Waals surface area (Å²) >= 11 is 0. The molecule has 6 nitrogen and oxygen atoms in total. The maximum atomic E-state index is 11.9. The number of esters is 1. The van der Waals surface area contributed by atoms with E-state index in [1.165, 1.54) is 6.92 Å². The summed E-state index contributed by atoms with van der Waals surface area (Å²) in [5.41, 5.74) is -0.619. The second-order valence-corrected chi connectivity index (χ2v) is 6.24. The van der Waals surface area contributed by atoms with E-state index < -0.39 is 23.7 Å². The Balaban J connectivity index is 2.33. The highest BCUT2D eigenvalue weighted by atomic mass is 16.6. The molecule has 0 fully saturated rings. The van der Waals surface area contributed by atoms with Gasteiger partial charge in [-0.15, -0.1) is 0 Å². The van der Waals surface area contributed by atoms with Crippen LogP contribution in [0.4, 0.5) is 4.79 Å². The van der Waals surface area contributed by atoms with Crippen LogP contribution in [-0.4, -0.2) is 36.4 Å². The van der Waals surface area contributed by atoms with Crippen molar-refractivity contribution < 1.29 is 23.8 Å². The van der Waals surface area contributed by atoms with Crippen molar-refractivity contribution in [2.24, 2.45) is 0 Å². The number of hydrogen-bond acceptors (Lipinski definition) is 5. The van der Waals surface area contributed by atoms with Crippen molar-refractivity contribution in [1.29, 1.82) is 0 Å². The summed E-state index contributed by atoms with van der Waals surface area (Å²) in [5.74, 6) is 0.162. The van der Waals surface area contributed by atoms with Gasteiger partial charge in [0.1, 0.15) is 30.1 Å². The number of para-hydroxylation sites is 1. The lowest BCUT2D eigenvalue weighted by Gasteiger charge is -2.21. The molecule has 0 unspecified atom stereocenters. The minimum atomic E-state index is -0.797. The van der Waals surface area contributed by atoms with E-state index in [0.29, 0.717) is 5.75 Å². The molecule has 128 valence electrons. The fourth-order valence-corrected chi connectivity index (χ4v) is 1.63. The second-order valence-electron chi connectivity index (χ2n) is 6.24. The zero-order valence-electron chi connectivity index (χ0n) is 14.3. The molecule has 2 atom stereocenters. The molecule has 0 spiro atoms. The van der Waals surface area contributed by atoms with E-state index >= 15 is 0 Å². The first-order valence-electron chi connectivity index (χ1n) is 7.55. The van der Waals surface area contributed by atoms with Crippen molar-refractivity contribution in [3.8, 4) is 5.75 Å². The van der Waals surface area contributed by atoms with Gasteiger partial charge < -0.3 is 19.5 Å². The molecule has 1 N–H and O–H groups in total. The lowest BCUT2D eigenvalue weighted by Crippen LogP contribution is -2.43. The van der Waals surface area contributed by atoms with E-state index in [-0.39, 0.29) is 12.7 Å². The molecular weight excluding hydrogens is 298 g/mol.